The molecule has 2 aromatic carbocycles. The van der Waals surface area contributed by atoms with Crippen molar-refractivity contribution in [1.29, 1.82) is 0 Å². The number of nitro groups is 1. The highest BCUT2D eigenvalue weighted by molar-refractivity contribution is 6.31. The monoisotopic (exact) mass is 332 g/mol. The molecule has 0 bridgehead atoms. The van der Waals surface area contributed by atoms with Gasteiger partial charge in [-0.2, -0.15) is 0 Å². The van der Waals surface area contributed by atoms with Crippen LogP contribution in [0.5, 0.6) is 0 Å². The molecule has 6 heteroatoms. The Kier molecular flexibility index (Phi) is 5.34. The van der Waals surface area contributed by atoms with Crippen molar-refractivity contribution in [3.8, 4) is 0 Å². The molecule has 0 heterocycles. The fourth-order valence-corrected chi connectivity index (χ4v) is 2.35. The first-order valence-electron chi connectivity index (χ1n) is 7.27. The summed E-state index contributed by atoms with van der Waals surface area (Å²) in [4.78, 5) is 22.7. The van der Waals surface area contributed by atoms with Gasteiger partial charge in [0.2, 0.25) is 0 Å². The molecule has 0 aromatic heterocycles. The van der Waals surface area contributed by atoms with Crippen LogP contribution in [0, 0.1) is 10.1 Å². The average Bonchev–Trinajstić information content (AvgIpc) is 2.54. The van der Waals surface area contributed by atoms with Gasteiger partial charge < -0.3 is 5.32 Å². The van der Waals surface area contributed by atoms with E-state index in [9.17, 15) is 14.9 Å². The van der Waals surface area contributed by atoms with Gasteiger partial charge in [-0.1, -0.05) is 37.6 Å². The van der Waals surface area contributed by atoms with Gasteiger partial charge in [0.25, 0.3) is 11.6 Å². The Morgan fingerprint density at radius 2 is 1.91 bits per heavy atom. The van der Waals surface area contributed by atoms with E-state index in [2.05, 4.69) is 19.2 Å². The Morgan fingerprint density at radius 1 is 1.26 bits per heavy atom. The number of carbonyl (C=O) groups excluding carboxylic acids is 1. The molecule has 1 amide bonds. The summed E-state index contributed by atoms with van der Waals surface area (Å²) in [5.41, 5.74) is 1.42. The second-order valence-corrected chi connectivity index (χ2v) is 5.74. The maximum absolute atomic E-state index is 12.3. The first-order valence-corrected chi connectivity index (χ1v) is 7.65. The summed E-state index contributed by atoms with van der Waals surface area (Å²) in [5, 5.41) is 14.0. The van der Waals surface area contributed by atoms with Gasteiger partial charge in [0.15, 0.2) is 0 Å². The molecule has 120 valence electrons. The molecule has 2 aromatic rings. The molecule has 2 rings (SSSR count). The number of hydrogen-bond acceptors (Lipinski definition) is 3. The van der Waals surface area contributed by atoms with Crippen molar-refractivity contribution in [3.05, 3.63) is 68.7 Å². The standard InChI is InChI=1S/C17H17ClN2O3/c1-3-11(2)12-4-7-14(8-5-12)19-17(21)15-10-13(18)6-9-16(15)20(22)23/h4-11H,3H2,1-2H3,(H,19,21). The molecule has 0 aliphatic heterocycles. The zero-order valence-electron chi connectivity index (χ0n) is 12.9. The van der Waals surface area contributed by atoms with Gasteiger partial charge in [-0.15, -0.1) is 0 Å². The first-order chi connectivity index (χ1) is 10.9. The molecule has 5 nitrogen and oxygen atoms in total. The molecular formula is C17H17ClN2O3. The predicted molar refractivity (Wildman–Crippen MR) is 91.2 cm³/mol. The fraction of sp³-hybridized carbons (Fsp3) is 0.235. The van der Waals surface area contributed by atoms with Crippen LogP contribution in [0.15, 0.2) is 42.5 Å². The molecule has 1 unspecified atom stereocenters. The minimum Gasteiger partial charge on any atom is -0.322 e. The first kappa shape index (κ1) is 17.0. The molecule has 0 saturated heterocycles. The summed E-state index contributed by atoms with van der Waals surface area (Å²) in [5.74, 6) is -0.121. The van der Waals surface area contributed by atoms with Crippen molar-refractivity contribution in [2.75, 3.05) is 5.32 Å². The smallest absolute Gasteiger partial charge is 0.282 e. The number of anilines is 1. The minimum absolute atomic E-state index is 0.0616. The third kappa shape index (κ3) is 4.07. The molecule has 0 aliphatic rings. The molecule has 0 saturated carbocycles. The number of nitrogens with zero attached hydrogens (tertiary/aromatic N) is 1. The number of amides is 1. The van der Waals surface area contributed by atoms with E-state index < -0.39 is 10.8 Å². The van der Waals surface area contributed by atoms with Crippen molar-refractivity contribution < 1.29 is 9.72 Å². The zero-order valence-corrected chi connectivity index (χ0v) is 13.6. The van der Waals surface area contributed by atoms with E-state index in [1.165, 1.54) is 23.8 Å². The number of halogens is 1. The summed E-state index contributed by atoms with van der Waals surface area (Å²) in [6.07, 6.45) is 1.03. The lowest BCUT2D eigenvalue weighted by Gasteiger charge is -2.10. The van der Waals surface area contributed by atoms with Gasteiger partial charge in [-0.25, -0.2) is 0 Å². The maximum Gasteiger partial charge on any atom is 0.282 e. The summed E-state index contributed by atoms with van der Waals surface area (Å²) < 4.78 is 0. The Bertz CT molecular complexity index is 729. The number of nitrogens with one attached hydrogen (secondary N) is 1. The van der Waals surface area contributed by atoms with Crippen molar-refractivity contribution in [2.45, 2.75) is 26.2 Å². The molecule has 0 fully saturated rings. The largest absolute Gasteiger partial charge is 0.322 e. The van der Waals surface area contributed by atoms with Crippen molar-refractivity contribution in [1.82, 2.24) is 0 Å². The molecule has 0 spiro atoms. The molecular weight excluding hydrogens is 316 g/mol. The summed E-state index contributed by atoms with van der Waals surface area (Å²) in [6, 6.07) is 11.4. The van der Waals surface area contributed by atoms with E-state index in [0.29, 0.717) is 11.6 Å². The fourth-order valence-electron chi connectivity index (χ4n) is 2.18. The van der Waals surface area contributed by atoms with Crippen molar-refractivity contribution in [3.63, 3.8) is 0 Å². The van der Waals surface area contributed by atoms with Crippen molar-refractivity contribution >= 4 is 28.9 Å². The molecule has 1 N–H and O–H groups in total. The quantitative estimate of drug-likeness (QED) is 0.617. The van der Waals surface area contributed by atoms with E-state index in [1.807, 2.05) is 12.1 Å². The summed E-state index contributed by atoms with van der Waals surface area (Å²) in [6.45, 7) is 4.24. The lowest BCUT2D eigenvalue weighted by Crippen LogP contribution is -2.14. The number of nitro benzene ring substituents is 1. The van der Waals surface area contributed by atoms with Gasteiger partial charge in [0.05, 0.1) is 4.92 Å². The van der Waals surface area contributed by atoms with E-state index in [4.69, 9.17) is 11.6 Å². The Balaban J connectivity index is 2.22. The van der Waals surface area contributed by atoms with Crippen molar-refractivity contribution in [2.24, 2.45) is 0 Å². The average molecular weight is 333 g/mol. The lowest BCUT2D eigenvalue weighted by atomic mass is 9.98. The van der Waals surface area contributed by atoms with E-state index in [-0.39, 0.29) is 16.3 Å². The van der Waals surface area contributed by atoms with Gasteiger partial charge >= 0.3 is 0 Å². The third-order valence-corrected chi connectivity index (χ3v) is 3.98. The van der Waals surface area contributed by atoms with Gasteiger partial charge in [0.1, 0.15) is 5.56 Å². The minimum atomic E-state index is -0.600. The summed E-state index contributed by atoms with van der Waals surface area (Å²) in [7, 11) is 0. The Hall–Kier alpha value is -2.40. The number of benzene rings is 2. The van der Waals surface area contributed by atoms with Crippen LogP contribution in [-0.2, 0) is 0 Å². The lowest BCUT2D eigenvalue weighted by molar-refractivity contribution is -0.385. The number of rotatable bonds is 5. The second-order valence-electron chi connectivity index (χ2n) is 5.30. The van der Waals surface area contributed by atoms with Crippen LogP contribution in [0.2, 0.25) is 5.02 Å². The molecule has 0 radical (unpaired) electrons. The topological polar surface area (TPSA) is 72.2 Å². The van der Waals surface area contributed by atoms with E-state index in [1.54, 1.807) is 12.1 Å². The normalized spacial score (nSPS) is 11.8. The van der Waals surface area contributed by atoms with Crippen LogP contribution < -0.4 is 5.32 Å². The van der Waals surface area contributed by atoms with Gasteiger partial charge in [-0.05, 0) is 42.2 Å². The van der Waals surface area contributed by atoms with Crippen LogP contribution in [-0.4, -0.2) is 10.8 Å². The van der Waals surface area contributed by atoms with Gasteiger partial charge in [-0.3, -0.25) is 14.9 Å². The highest BCUT2D eigenvalue weighted by Gasteiger charge is 2.20. The molecule has 0 aliphatic carbocycles. The van der Waals surface area contributed by atoms with Crippen LogP contribution in [0.4, 0.5) is 11.4 Å². The van der Waals surface area contributed by atoms with E-state index in [0.717, 1.165) is 6.42 Å². The Morgan fingerprint density at radius 3 is 2.48 bits per heavy atom. The van der Waals surface area contributed by atoms with Crippen LogP contribution in [0.3, 0.4) is 0 Å². The highest BCUT2D eigenvalue weighted by Crippen LogP contribution is 2.25. The Labute approximate surface area is 139 Å². The van der Waals surface area contributed by atoms with E-state index >= 15 is 0 Å². The van der Waals surface area contributed by atoms with Crippen LogP contribution >= 0.6 is 11.6 Å². The van der Waals surface area contributed by atoms with Crippen LogP contribution in [0.1, 0.15) is 42.1 Å². The zero-order chi connectivity index (χ0) is 17.0. The van der Waals surface area contributed by atoms with Crippen LogP contribution in [0.25, 0.3) is 0 Å². The summed E-state index contributed by atoms with van der Waals surface area (Å²) >= 11 is 5.84. The second kappa shape index (κ2) is 7.24. The maximum atomic E-state index is 12.3. The number of hydrogen-bond donors (Lipinski definition) is 1. The van der Waals surface area contributed by atoms with Gasteiger partial charge in [0, 0.05) is 16.8 Å². The highest BCUT2D eigenvalue weighted by atomic mass is 35.5. The molecule has 23 heavy (non-hydrogen) atoms. The SMILES string of the molecule is CCC(C)c1ccc(NC(=O)c2cc(Cl)ccc2[N+](=O)[O-])cc1. The predicted octanol–water partition coefficient (Wildman–Crippen LogP) is 5.01. The third-order valence-electron chi connectivity index (χ3n) is 3.75. The molecule has 1 atom stereocenters. The number of carbonyl (C=O) groups is 1.